The van der Waals surface area contributed by atoms with Crippen LogP contribution in [0.4, 0.5) is 0 Å². The maximum Gasteiger partial charge on any atom is 0.180 e. The second-order valence-corrected chi connectivity index (χ2v) is 4.39. The molecule has 1 atom stereocenters. The monoisotopic (exact) mass is 247 g/mol. The van der Waals surface area contributed by atoms with Crippen molar-refractivity contribution in [3.8, 4) is 11.8 Å². The maximum atomic E-state index is 9.48. The Hall–Kier alpha value is -1.57. The lowest BCUT2D eigenvalue weighted by Crippen LogP contribution is -2.33. The van der Waals surface area contributed by atoms with Gasteiger partial charge in [-0.05, 0) is 37.0 Å². The molecule has 1 aromatic carbocycles. The molecule has 0 aliphatic heterocycles. The number of hydrogen-bond acceptors (Lipinski definition) is 4. The van der Waals surface area contributed by atoms with Gasteiger partial charge in [0.2, 0.25) is 0 Å². The molecule has 0 saturated carbocycles. The second kappa shape index (κ2) is 5.38. The van der Waals surface area contributed by atoms with E-state index in [-0.39, 0.29) is 13.2 Å². The number of hydrogen-bond donors (Lipinski definition) is 1. The van der Waals surface area contributed by atoms with E-state index in [0.717, 1.165) is 29.7 Å². The molecular formula is C14H17NO3. The van der Waals surface area contributed by atoms with Crippen molar-refractivity contribution in [2.45, 2.75) is 24.9 Å². The first kappa shape index (κ1) is 12.9. The average molecular weight is 247 g/mol. The lowest BCUT2D eigenvalue weighted by molar-refractivity contribution is -0.0338. The summed E-state index contributed by atoms with van der Waals surface area (Å²) in [6.07, 6.45) is 2.52. The molecule has 4 heteroatoms. The van der Waals surface area contributed by atoms with E-state index in [1.54, 1.807) is 7.11 Å². The minimum absolute atomic E-state index is 0.0806. The van der Waals surface area contributed by atoms with Gasteiger partial charge in [0.25, 0.3) is 0 Å². The summed E-state index contributed by atoms with van der Waals surface area (Å²) in [5.74, 6) is 0.725. The molecule has 1 N–H and O–H groups in total. The molecule has 1 aromatic rings. The number of nitriles is 1. The molecule has 1 aliphatic rings. The van der Waals surface area contributed by atoms with E-state index in [2.05, 4.69) is 6.07 Å². The van der Waals surface area contributed by atoms with Crippen LogP contribution in [0.2, 0.25) is 0 Å². The number of benzene rings is 1. The van der Waals surface area contributed by atoms with E-state index < -0.39 is 5.60 Å². The van der Waals surface area contributed by atoms with Gasteiger partial charge in [-0.15, -0.1) is 0 Å². The summed E-state index contributed by atoms with van der Waals surface area (Å²) in [6.45, 7) is 0.0902. The number of aryl methyl sites for hydroxylation is 1. The predicted octanol–water partition coefficient (Wildman–Crippen LogP) is 1.76. The molecule has 0 heterocycles. The van der Waals surface area contributed by atoms with Gasteiger partial charge in [-0.2, -0.15) is 5.26 Å². The van der Waals surface area contributed by atoms with Crippen LogP contribution in [0.25, 0.3) is 0 Å². The fraction of sp³-hybridized carbons (Fsp3) is 0.500. The molecular weight excluding hydrogens is 230 g/mol. The van der Waals surface area contributed by atoms with Crippen molar-refractivity contribution in [3.05, 3.63) is 29.3 Å². The van der Waals surface area contributed by atoms with Gasteiger partial charge < -0.3 is 14.6 Å². The molecule has 0 spiro atoms. The fourth-order valence-corrected chi connectivity index (χ4v) is 2.46. The Morgan fingerprint density at radius 1 is 1.50 bits per heavy atom. The minimum atomic E-state index is -0.940. The number of rotatable bonds is 4. The van der Waals surface area contributed by atoms with Crippen LogP contribution in [0.5, 0.6) is 5.75 Å². The topological polar surface area (TPSA) is 62.5 Å². The van der Waals surface area contributed by atoms with Crippen LogP contribution in [0, 0.1) is 11.3 Å². The largest absolute Gasteiger partial charge is 0.497 e. The minimum Gasteiger partial charge on any atom is -0.497 e. The van der Waals surface area contributed by atoms with Crippen molar-refractivity contribution in [2.24, 2.45) is 0 Å². The maximum absolute atomic E-state index is 9.48. The van der Waals surface area contributed by atoms with Crippen molar-refractivity contribution >= 4 is 0 Å². The summed E-state index contributed by atoms with van der Waals surface area (Å²) in [6, 6.07) is 8.03. The average Bonchev–Trinajstić information content (AvgIpc) is 2.44. The molecule has 1 aliphatic carbocycles. The van der Waals surface area contributed by atoms with Crippen LogP contribution in [0.3, 0.4) is 0 Å². The first-order valence-electron chi connectivity index (χ1n) is 6.09. The first-order chi connectivity index (χ1) is 8.75. The van der Waals surface area contributed by atoms with Crippen molar-refractivity contribution in [3.63, 3.8) is 0 Å². The van der Waals surface area contributed by atoms with E-state index >= 15 is 0 Å². The zero-order valence-electron chi connectivity index (χ0n) is 10.5. The Labute approximate surface area is 107 Å². The lowest BCUT2D eigenvalue weighted by Gasteiger charge is -2.33. The highest BCUT2D eigenvalue weighted by Crippen LogP contribution is 2.39. The Bertz CT molecular complexity index is 467. The molecule has 18 heavy (non-hydrogen) atoms. The predicted molar refractivity (Wildman–Crippen MR) is 66.3 cm³/mol. The van der Waals surface area contributed by atoms with Crippen LogP contribution in [0.15, 0.2) is 18.2 Å². The van der Waals surface area contributed by atoms with E-state index in [4.69, 9.17) is 14.6 Å². The molecule has 1 unspecified atom stereocenters. The number of aliphatic hydroxyl groups is 1. The molecule has 0 aromatic heterocycles. The molecule has 2 rings (SSSR count). The molecule has 0 radical (unpaired) electrons. The van der Waals surface area contributed by atoms with E-state index in [1.807, 2.05) is 18.2 Å². The van der Waals surface area contributed by atoms with Crippen LogP contribution in [-0.2, 0) is 16.8 Å². The summed E-state index contributed by atoms with van der Waals surface area (Å²) in [4.78, 5) is 0. The standard InChI is InChI=1S/C14H17NO3/c1-17-12-5-4-11-3-2-6-14(10-15,13(11)9-12)18-8-7-16/h4-5,9,16H,2-3,6-8H2,1H3. The van der Waals surface area contributed by atoms with Gasteiger partial charge in [-0.3, -0.25) is 0 Å². The van der Waals surface area contributed by atoms with Gasteiger partial charge in [0, 0.05) is 5.56 Å². The van der Waals surface area contributed by atoms with Gasteiger partial charge in [0.15, 0.2) is 5.60 Å². The van der Waals surface area contributed by atoms with Crippen LogP contribution in [0.1, 0.15) is 24.0 Å². The summed E-state index contributed by atoms with van der Waals surface area (Å²) >= 11 is 0. The highest BCUT2D eigenvalue weighted by atomic mass is 16.5. The van der Waals surface area contributed by atoms with Gasteiger partial charge in [0.05, 0.1) is 20.3 Å². The third kappa shape index (κ3) is 2.20. The smallest absolute Gasteiger partial charge is 0.180 e. The number of fused-ring (bicyclic) bond motifs is 1. The van der Waals surface area contributed by atoms with E-state index in [0.29, 0.717) is 6.42 Å². The van der Waals surface area contributed by atoms with Crippen molar-refractivity contribution in [1.29, 1.82) is 5.26 Å². The zero-order valence-corrected chi connectivity index (χ0v) is 10.5. The molecule has 0 bridgehead atoms. The van der Waals surface area contributed by atoms with Crippen molar-refractivity contribution < 1.29 is 14.6 Å². The van der Waals surface area contributed by atoms with Gasteiger partial charge in [0.1, 0.15) is 11.8 Å². The van der Waals surface area contributed by atoms with E-state index in [1.165, 1.54) is 0 Å². The highest BCUT2D eigenvalue weighted by Gasteiger charge is 2.38. The SMILES string of the molecule is COc1ccc2c(c1)C(C#N)(OCCO)CCC2. The van der Waals surface area contributed by atoms with Gasteiger partial charge in [-0.25, -0.2) is 0 Å². The number of nitrogens with zero attached hydrogens (tertiary/aromatic N) is 1. The molecule has 0 saturated heterocycles. The zero-order chi connectivity index (χ0) is 13.0. The Morgan fingerprint density at radius 3 is 3.00 bits per heavy atom. The normalized spacial score (nSPS) is 22.1. The third-order valence-corrected chi connectivity index (χ3v) is 3.35. The number of methoxy groups -OCH3 is 1. The van der Waals surface area contributed by atoms with Gasteiger partial charge >= 0.3 is 0 Å². The Kier molecular flexibility index (Phi) is 3.85. The quantitative estimate of drug-likeness (QED) is 0.880. The lowest BCUT2D eigenvalue weighted by atomic mass is 9.79. The third-order valence-electron chi connectivity index (χ3n) is 3.35. The summed E-state index contributed by atoms with van der Waals surface area (Å²) < 4.78 is 10.8. The van der Waals surface area contributed by atoms with Crippen molar-refractivity contribution in [1.82, 2.24) is 0 Å². The van der Waals surface area contributed by atoms with Crippen LogP contribution in [-0.4, -0.2) is 25.4 Å². The second-order valence-electron chi connectivity index (χ2n) is 4.39. The Morgan fingerprint density at radius 2 is 2.33 bits per heavy atom. The summed E-state index contributed by atoms with van der Waals surface area (Å²) in [7, 11) is 1.60. The molecule has 0 amide bonds. The van der Waals surface area contributed by atoms with Crippen LogP contribution < -0.4 is 4.74 Å². The summed E-state index contributed by atoms with van der Waals surface area (Å²) in [5, 5.41) is 18.4. The van der Waals surface area contributed by atoms with Crippen molar-refractivity contribution in [2.75, 3.05) is 20.3 Å². The molecule has 96 valence electrons. The van der Waals surface area contributed by atoms with Gasteiger partial charge in [-0.1, -0.05) is 6.07 Å². The number of ether oxygens (including phenoxy) is 2. The molecule has 0 fully saturated rings. The summed E-state index contributed by atoms with van der Waals surface area (Å²) in [5.41, 5.74) is 1.07. The van der Waals surface area contributed by atoms with Crippen LogP contribution >= 0.6 is 0 Å². The Balaban J connectivity index is 2.43. The molecule has 4 nitrogen and oxygen atoms in total. The highest BCUT2D eigenvalue weighted by molar-refractivity contribution is 5.44. The van der Waals surface area contributed by atoms with E-state index in [9.17, 15) is 5.26 Å². The number of aliphatic hydroxyl groups excluding tert-OH is 1. The fourth-order valence-electron chi connectivity index (χ4n) is 2.46. The first-order valence-corrected chi connectivity index (χ1v) is 6.09.